The zero-order valence-corrected chi connectivity index (χ0v) is 12.1. The molecule has 0 radical (unpaired) electrons. The van der Waals surface area contributed by atoms with E-state index in [1.807, 2.05) is 84.9 Å². The summed E-state index contributed by atoms with van der Waals surface area (Å²) in [7, 11) is 0. The summed E-state index contributed by atoms with van der Waals surface area (Å²) in [6.45, 7) is 0. The van der Waals surface area contributed by atoms with Crippen LogP contribution in [0.2, 0.25) is 0 Å². The number of fused-ring (bicyclic) bond motifs is 1. The van der Waals surface area contributed by atoms with Gasteiger partial charge in [-0.3, -0.25) is 4.79 Å². The Balaban J connectivity index is 1.73. The zero-order chi connectivity index (χ0) is 15.2. The maximum Gasteiger partial charge on any atom is 0.185 e. The number of hydrogen-bond donors (Lipinski definition) is 0. The van der Waals surface area contributed by atoms with Crippen LogP contribution in [-0.4, -0.2) is 5.78 Å². The van der Waals surface area contributed by atoms with Crippen molar-refractivity contribution >= 4 is 22.6 Å². The van der Waals surface area contributed by atoms with E-state index in [0.717, 1.165) is 16.3 Å². The van der Waals surface area contributed by atoms with Crippen molar-refractivity contribution in [3.63, 3.8) is 0 Å². The Bertz CT molecular complexity index is 842. The summed E-state index contributed by atoms with van der Waals surface area (Å²) >= 11 is 0. The average Bonchev–Trinajstić information content (AvgIpc) is 2.59. The standard InChI is InChI=1S/C21H16O/c22-21(13-7-4-10-17-8-2-1-3-9-17)20-15-14-18-11-5-6-12-19(18)16-20/h1-16H/b10-4+,13-7+. The smallest absolute Gasteiger partial charge is 0.185 e. The van der Waals surface area contributed by atoms with E-state index < -0.39 is 0 Å². The molecule has 0 unspecified atom stereocenters. The maximum atomic E-state index is 12.2. The average molecular weight is 284 g/mol. The van der Waals surface area contributed by atoms with Crippen molar-refractivity contribution in [2.75, 3.05) is 0 Å². The highest BCUT2D eigenvalue weighted by molar-refractivity contribution is 6.06. The van der Waals surface area contributed by atoms with E-state index in [-0.39, 0.29) is 5.78 Å². The second kappa shape index (κ2) is 6.68. The van der Waals surface area contributed by atoms with E-state index in [2.05, 4.69) is 0 Å². The fourth-order valence-corrected chi connectivity index (χ4v) is 2.31. The van der Waals surface area contributed by atoms with Crippen LogP contribution in [0, 0.1) is 0 Å². The predicted molar refractivity (Wildman–Crippen MR) is 92.9 cm³/mol. The third-order valence-corrected chi connectivity index (χ3v) is 3.48. The first kappa shape index (κ1) is 14.0. The zero-order valence-electron chi connectivity index (χ0n) is 12.1. The summed E-state index contributed by atoms with van der Waals surface area (Å²) in [6, 6.07) is 23.8. The lowest BCUT2D eigenvalue weighted by Crippen LogP contribution is -1.93. The summed E-state index contributed by atoms with van der Waals surface area (Å²) in [4.78, 5) is 12.2. The van der Waals surface area contributed by atoms with E-state index in [4.69, 9.17) is 0 Å². The third-order valence-electron chi connectivity index (χ3n) is 3.48. The molecule has 0 amide bonds. The molecule has 0 spiro atoms. The molecule has 1 nitrogen and oxygen atoms in total. The Hall–Kier alpha value is -2.93. The van der Waals surface area contributed by atoms with Crippen LogP contribution in [0.15, 0.2) is 91.0 Å². The Kier molecular flexibility index (Phi) is 4.26. The number of carbonyl (C=O) groups excluding carboxylic acids is 1. The molecule has 0 aromatic heterocycles. The molecule has 0 aliphatic carbocycles. The Morgan fingerprint density at radius 2 is 1.45 bits per heavy atom. The van der Waals surface area contributed by atoms with Gasteiger partial charge in [0.1, 0.15) is 0 Å². The summed E-state index contributed by atoms with van der Waals surface area (Å²) in [5, 5.41) is 2.23. The highest BCUT2D eigenvalue weighted by Crippen LogP contribution is 2.16. The number of hydrogen-bond acceptors (Lipinski definition) is 1. The van der Waals surface area contributed by atoms with Crippen LogP contribution in [0.1, 0.15) is 15.9 Å². The van der Waals surface area contributed by atoms with Gasteiger partial charge in [0.15, 0.2) is 5.78 Å². The van der Waals surface area contributed by atoms with Gasteiger partial charge in [-0.05, 0) is 28.5 Å². The monoisotopic (exact) mass is 284 g/mol. The Morgan fingerprint density at radius 3 is 2.27 bits per heavy atom. The largest absolute Gasteiger partial charge is 0.289 e. The number of benzene rings is 3. The number of ketones is 1. The molecule has 0 N–H and O–H groups in total. The van der Waals surface area contributed by atoms with Crippen LogP contribution in [0.4, 0.5) is 0 Å². The number of carbonyl (C=O) groups is 1. The molecule has 22 heavy (non-hydrogen) atoms. The molecule has 3 rings (SSSR count). The van der Waals surface area contributed by atoms with Gasteiger partial charge in [0.2, 0.25) is 0 Å². The van der Waals surface area contributed by atoms with Crippen molar-refractivity contribution in [2.45, 2.75) is 0 Å². The summed E-state index contributed by atoms with van der Waals surface area (Å²) in [6.07, 6.45) is 7.24. The van der Waals surface area contributed by atoms with Gasteiger partial charge < -0.3 is 0 Å². The van der Waals surface area contributed by atoms with E-state index in [1.54, 1.807) is 12.2 Å². The molecule has 0 atom stereocenters. The van der Waals surface area contributed by atoms with Gasteiger partial charge in [0.05, 0.1) is 0 Å². The minimum Gasteiger partial charge on any atom is -0.289 e. The normalized spacial score (nSPS) is 11.5. The minimum atomic E-state index is 0.0171. The molecular weight excluding hydrogens is 268 g/mol. The lowest BCUT2D eigenvalue weighted by Gasteiger charge is -2.00. The van der Waals surface area contributed by atoms with Gasteiger partial charge in [-0.1, -0.05) is 85.0 Å². The SMILES string of the molecule is O=C(/C=C/C=C/c1ccccc1)c1ccc2ccccc2c1. The van der Waals surface area contributed by atoms with Crippen LogP contribution in [-0.2, 0) is 0 Å². The fraction of sp³-hybridized carbons (Fsp3) is 0. The minimum absolute atomic E-state index is 0.0171. The lowest BCUT2D eigenvalue weighted by atomic mass is 10.0. The highest BCUT2D eigenvalue weighted by atomic mass is 16.1. The van der Waals surface area contributed by atoms with Crippen molar-refractivity contribution in [2.24, 2.45) is 0 Å². The Labute approximate surface area is 130 Å². The first-order valence-electron chi connectivity index (χ1n) is 7.26. The first-order chi connectivity index (χ1) is 10.8. The van der Waals surface area contributed by atoms with Crippen molar-refractivity contribution in [3.8, 4) is 0 Å². The van der Waals surface area contributed by atoms with Crippen molar-refractivity contribution in [3.05, 3.63) is 102 Å². The van der Waals surface area contributed by atoms with Gasteiger partial charge in [0, 0.05) is 5.56 Å². The highest BCUT2D eigenvalue weighted by Gasteiger charge is 2.02. The summed E-state index contributed by atoms with van der Waals surface area (Å²) in [5.41, 5.74) is 1.83. The van der Waals surface area contributed by atoms with Crippen LogP contribution in [0.5, 0.6) is 0 Å². The van der Waals surface area contributed by atoms with Gasteiger partial charge in [0.25, 0.3) is 0 Å². The molecule has 3 aromatic carbocycles. The second-order valence-corrected chi connectivity index (χ2v) is 5.06. The molecule has 0 saturated carbocycles. The fourth-order valence-electron chi connectivity index (χ4n) is 2.31. The van der Waals surface area contributed by atoms with Crippen molar-refractivity contribution in [1.29, 1.82) is 0 Å². The first-order valence-corrected chi connectivity index (χ1v) is 7.26. The molecule has 0 saturated heterocycles. The van der Waals surface area contributed by atoms with E-state index >= 15 is 0 Å². The van der Waals surface area contributed by atoms with Crippen LogP contribution >= 0.6 is 0 Å². The summed E-state index contributed by atoms with van der Waals surface area (Å²) in [5.74, 6) is 0.0171. The molecule has 1 heteroatoms. The number of allylic oxidation sites excluding steroid dienone is 3. The number of rotatable bonds is 4. The van der Waals surface area contributed by atoms with E-state index in [9.17, 15) is 4.79 Å². The van der Waals surface area contributed by atoms with Gasteiger partial charge in [-0.15, -0.1) is 0 Å². The van der Waals surface area contributed by atoms with Crippen molar-refractivity contribution in [1.82, 2.24) is 0 Å². The Morgan fingerprint density at radius 1 is 0.727 bits per heavy atom. The van der Waals surface area contributed by atoms with Crippen LogP contribution < -0.4 is 0 Å². The summed E-state index contributed by atoms with van der Waals surface area (Å²) < 4.78 is 0. The molecule has 0 heterocycles. The van der Waals surface area contributed by atoms with Crippen LogP contribution in [0.25, 0.3) is 16.8 Å². The lowest BCUT2D eigenvalue weighted by molar-refractivity contribution is 0.104. The third kappa shape index (κ3) is 3.39. The molecule has 0 aliphatic rings. The van der Waals surface area contributed by atoms with Gasteiger partial charge in [-0.25, -0.2) is 0 Å². The van der Waals surface area contributed by atoms with Gasteiger partial charge >= 0.3 is 0 Å². The van der Waals surface area contributed by atoms with E-state index in [1.165, 1.54) is 0 Å². The molecule has 0 aliphatic heterocycles. The van der Waals surface area contributed by atoms with E-state index in [0.29, 0.717) is 5.56 Å². The molecule has 106 valence electrons. The predicted octanol–water partition coefficient (Wildman–Crippen LogP) is 5.29. The van der Waals surface area contributed by atoms with Crippen molar-refractivity contribution < 1.29 is 4.79 Å². The quantitative estimate of drug-likeness (QED) is 0.361. The van der Waals surface area contributed by atoms with Gasteiger partial charge in [-0.2, -0.15) is 0 Å². The molecule has 0 fully saturated rings. The molecular formula is C21H16O. The molecule has 3 aromatic rings. The second-order valence-electron chi connectivity index (χ2n) is 5.06. The topological polar surface area (TPSA) is 17.1 Å². The van der Waals surface area contributed by atoms with Crippen LogP contribution in [0.3, 0.4) is 0 Å². The molecule has 0 bridgehead atoms. The maximum absolute atomic E-state index is 12.2.